The van der Waals surface area contributed by atoms with Crippen LogP contribution in [0.25, 0.3) is 0 Å². The molecule has 0 aliphatic carbocycles. The summed E-state index contributed by atoms with van der Waals surface area (Å²) in [4.78, 5) is 0. The van der Waals surface area contributed by atoms with Gasteiger partial charge in [0.25, 0.3) is 0 Å². The molecule has 0 aromatic heterocycles. The molecule has 1 atom stereocenters. The first-order valence-electron chi connectivity index (χ1n) is 7.33. The Kier molecular flexibility index (Phi) is 7.55. The molecule has 0 radical (unpaired) electrons. The van der Waals surface area contributed by atoms with Gasteiger partial charge in [-0.1, -0.05) is 48.8 Å². The highest BCUT2D eigenvalue weighted by Gasteiger charge is 2.28. The van der Waals surface area contributed by atoms with Crippen LogP contribution in [-0.4, -0.2) is 13.4 Å². The second kappa shape index (κ2) is 8.65. The first kappa shape index (κ1) is 17.5. The Balaban J connectivity index is 2.50. The highest BCUT2D eigenvalue weighted by atomic mass is 79.9. The van der Waals surface area contributed by atoms with E-state index in [1.807, 2.05) is 36.6 Å². The summed E-state index contributed by atoms with van der Waals surface area (Å²) < 4.78 is 7.05. The highest BCUT2D eigenvalue weighted by molar-refractivity contribution is 9.10. The Morgan fingerprint density at radius 3 is 2.20 bits per heavy atom. The van der Waals surface area contributed by atoms with Crippen LogP contribution in [0.15, 0.2) is 41.1 Å². The van der Waals surface area contributed by atoms with Crippen molar-refractivity contribution in [1.82, 2.24) is 0 Å². The van der Waals surface area contributed by atoms with E-state index in [0.29, 0.717) is 6.42 Å². The summed E-state index contributed by atoms with van der Waals surface area (Å²) in [7, 11) is -1.55. The summed E-state index contributed by atoms with van der Waals surface area (Å²) in [5.74, 6) is 0. The van der Waals surface area contributed by atoms with E-state index >= 15 is 0 Å². The maximum atomic E-state index is 10.1. The highest BCUT2D eigenvalue weighted by Crippen LogP contribution is 2.23. The summed E-state index contributed by atoms with van der Waals surface area (Å²) in [6, 6.07) is 11.2. The van der Waals surface area contributed by atoms with Crippen molar-refractivity contribution in [2.75, 3.05) is 0 Å². The Labute approximate surface area is 132 Å². The van der Waals surface area contributed by atoms with Gasteiger partial charge in [0.15, 0.2) is 0 Å². The van der Waals surface area contributed by atoms with Crippen LogP contribution in [0.2, 0.25) is 18.1 Å². The van der Waals surface area contributed by atoms with Crippen molar-refractivity contribution in [1.29, 1.82) is 0 Å². The van der Waals surface area contributed by atoms with Crippen molar-refractivity contribution in [3.05, 3.63) is 46.6 Å². The van der Waals surface area contributed by atoms with E-state index in [0.717, 1.165) is 28.2 Å². The smallest absolute Gasteiger partial charge is 0.249 e. The van der Waals surface area contributed by atoms with Crippen LogP contribution < -0.4 is 0 Å². The minimum Gasteiger partial charge on any atom is -0.549 e. The third-order valence-corrected chi connectivity index (χ3v) is 8.99. The molecule has 0 aliphatic rings. The molecule has 1 aromatic carbocycles. The quantitative estimate of drug-likeness (QED) is 0.498. The Morgan fingerprint density at radius 2 is 1.70 bits per heavy atom. The summed E-state index contributed by atoms with van der Waals surface area (Å²) >= 11 is 3.39. The molecule has 2 nitrogen and oxygen atoms in total. The van der Waals surface area contributed by atoms with Crippen LogP contribution in [0, 0.1) is 0 Å². The van der Waals surface area contributed by atoms with Crippen LogP contribution in [-0.2, 0) is 4.43 Å². The van der Waals surface area contributed by atoms with Crippen molar-refractivity contribution in [3.63, 3.8) is 0 Å². The zero-order valence-corrected chi connectivity index (χ0v) is 15.2. The molecule has 0 aliphatic heterocycles. The van der Waals surface area contributed by atoms with Crippen LogP contribution in [0.3, 0.4) is 0 Å². The predicted molar refractivity (Wildman–Crippen MR) is 91.1 cm³/mol. The molecule has 20 heavy (non-hydrogen) atoms. The third kappa shape index (κ3) is 5.07. The summed E-state index contributed by atoms with van der Waals surface area (Å²) in [5, 5.41) is 10.1. The van der Waals surface area contributed by atoms with Gasteiger partial charge < -0.3 is 9.53 Å². The van der Waals surface area contributed by atoms with E-state index in [4.69, 9.17) is 4.43 Å². The first-order valence-corrected chi connectivity index (χ1v) is 10.7. The van der Waals surface area contributed by atoms with Crippen molar-refractivity contribution >= 4 is 24.2 Å². The van der Waals surface area contributed by atoms with Gasteiger partial charge >= 0.3 is 0 Å². The molecule has 0 spiro atoms. The van der Waals surface area contributed by atoms with Gasteiger partial charge in [-0.15, -0.1) is 0 Å². The molecule has 0 fully saturated rings. The average Bonchev–Trinajstić information content (AvgIpc) is 2.49. The molecule has 0 bridgehead atoms. The van der Waals surface area contributed by atoms with Crippen molar-refractivity contribution < 1.29 is 9.53 Å². The standard InChI is InChI=1S/C16H25BrO2Si/c1-4-20(5-2,6-3)19-13-7-8-16(18)14-9-11-15(17)12-10-14/h7,9-13,16,18H,4-6,8H2,1-3H3/b13-7-/t16-/m0/s1. The maximum Gasteiger partial charge on any atom is 0.249 e. The predicted octanol–water partition coefficient (Wildman–Crippen LogP) is 5.41. The molecule has 0 unspecified atom stereocenters. The topological polar surface area (TPSA) is 29.5 Å². The number of hydrogen-bond donors (Lipinski definition) is 1. The Bertz CT molecular complexity index is 405. The minimum absolute atomic E-state index is 0.469. The van der Waals surface area contributed by atoms with Gasteiger partial charge in [0.05, 0.1) is 12.4 Å². The van der Waals surface area contributed by atoms with Crippen LogP contribution in [0.4, 0.5) is 0 Å². The fraction of sp³-hybridized carbons (Fsp3) is 0.500. The number of rotatable bonds is 8. The zero-order chi connectivity index (χ0) is 15.0. The number of aliphatic hydroxyl groups is 1. The number of benzene rings is 1. The molecule has 0 saturated heterocycles. The van der Waals surface area contributed by atoms with E-state index in [9.17, 15) is 5.11 Å². The van der Waals surface area contributed by atoms with E-state index in [2.05, 4.69) is 36.7 Å². The fourth-order valence-electron chi connectivity index (χ4n) is 2.20. The number of aliphatic hydroxyl groups excluding tert-OH is 1. The van der Waals surface area contributed by atoms with Gasteiger partial charge in [-0.25, -0.2) is 0 Å². The van der Waals surface area contributed by atoms with Gasteiger partial charge in [-0.05, 0) is 48.3 Å². The lowest BCUT2D eigenvalue weighted by molar-refractivity contribution is 0.181. The van der Waals surface area contributed by atoms with Crippen LogP contribution in [0.5, 0.6) is 0 Å². The second-order valence-corrected chi connectivity index (χ2v) is 10.7. The summed E-state index contributed by atoms with van der Waals surface area (Å²) in [6.45, 7) is 6.64. The van der Waals surface area contributed by atoms with Gasteiger partial charge in [-0.2, -0.15) is 0 Å². The monoisotopic (exact) mass is 356 g/mol. The number of hydrogen-bond acceptors (Lipinski definition) is 2. The van der Waals surface area contributed by atoms with Gasteiger partial charge in [0.2, 0.25) is 8.32 Å². The van der Waals surface area contributed by atoms with Crippen LogP contribution >= 0.6 is 15.9 Å². The lowest BCUT2D eigenvalue weighted by Crippen LogP contribution is -2.33. The lowest BCUT2D eigenvalue weighted by Gasteiger charge is -2.26. The van der Waals surface area contributed by atoms with Crippen molar-refractivity contribution in [2.45, 2.75) is 51.4 Å². The molecular formula is C16H25BrO2Si. The molecular weight excluding hydrogens is 332 g/mol. The molecule has 0 amide bonds. The SMILES string of the molecule is CC[Si](CC)(CC)O/C=C\C[C@H](O)c1ccc(Br)cc1. The molecule has 4 heteroatoms. The molecule has 1 rings (SSSR count). The Morgan fingerprint density at radius 1 is 1.15 bits per heavy atom. The largest absolute Gasteiger partial charge is 0.549 e. The summed E-state index contributed by atoms with van der Waals surface area (Å²) in [5.41, 5.74) is 0.933. The normalized spacial score (nSPS) is 13.7. The summed E-state index contributed by atoms with van der Waals surface area (Å²) in [6.07, 6.45) is 3.87. The maximum absolute atomic E-state index is 10.1. The van der Waals surface area contributed by atoms with E-state index < -0.39 is 14.4 Å². The second-order valence-electron chi connectivity index (χ2n) is 5.04. The van der Waals surface area contributed by atoms with E-state index in [1.54, 1.807) is 0 Å². The minimum atomic E-state index is -1.55. The van der Waals surface area contributed by atoms with Crippen molar-refractivity contribution in [2.24, 2.45) is 0 Å². The number of halogens is 1. The molecule has 112 valence electrons. The van der Waals surface area contributed by atoms with Crippen LogP contribution in [0.1, 0.15) is 38.9 Å². The first-order chi connectivity index (χ1) is 9.56. The van der Waals surface area contributed by atoms with Gasteiger partial charge in [-0.3, -0.25) is 0 Å². The Hall–Kier alpha value is -0.583. The van der Waals surface area contributed by atoms with Crippen molar-refractivity contribution in [3.8, 4) is 0 Å². The van der Waals surface area contributed by atoms with E-state index in [1.165, 1.54) is 0 Å². The zero-order valence-electron chi connectivity index (χ0n) is 12.6. The van der Waals surface area contributed by atoms with Gasteiger partial charge in [0, 0.05) is 4.47 Å². The molecule has 0 heterocycles. The average molecular weight is 357 g/mol. The lowest BCUT2D eigenvalue weighted by atomic mass is 10.1. The third-order valence-electron chi connectivity index (χ3n) is 3.96. The van der Waals surface area contributed by atoms with E-state index in [-0.39, 0.29) is 0 Å². The molecule has 1 N–H and O–H groups in total. The van der Waals surface area contributed by atoms with Gasteiger partial charge in [0.1, 0.15) is 0 Å². The fourth-order valence-corrected chi connectivity index (χ4v) is 4.85. The molecule has 1 aromatic rings. The molecule has 0 saturated carbocycles.